The van der Waals surface area contributed by atoms with Gasteiger partial charge in [0.25, 0.3) is 0 Å². The Morgan fingerprint density at radius 3 is 1.57 bits per heavy atom. The molecule has 316 valence electrons. The largest absolute Gasteiger partial charge is 1.00 e. The van der Waals surface area contributed by atoms with Crippen LogP contribution in [0.1, 0.15) is 92.6 Å². The van der Waals surface area contributed by atoms with E-state index in [9.17, 15) is 18.1 Å². The van der Waals surface area contributed by atoms with Crippen LogP contribution < -0.4 is 18.9 Å². The van der Waals surface area contributed by atoms with Crippen LogP contribution in [0.15, 0.2) is 36.4 Å². The van der Waals surface area contributed by atoms with E-state index in [4.69, 9.17) is 64.7 Å². The summed E-state index contributed by atoms with van der Waals surface area (Å²) in [4.78, 5) is 0. The molecule has 3 aliphatic rings. The number of aliphatic hydroxyl groups is 1. The van der Waals surface area contributed by atoms with Crippen LogP contribution in [-0.4, -0.2) is 74.0 Å². The third-order valence-electron chi connectivity index (χ3n) is 10.9. The van der Waals surface area contributed by atoms with Crippen LogP contribution in [0.4, 0.5) is 12.9 Å². The van der Waals surface area contributed by atoms with E-state index in [2.05, 4.69) is 73.8 Å². The molecule has 1 N–H and O–H groups in total. The summed E-state index contributed by atoms with van der Waals surface area (Å²) in [5, 5.41) is 13.5. The van der Waals surface area contributed by atoms with Crippen LogP contribution in [-0.2, 0) is 18.3 Å². The Labute approximate surface area is 371 Å². The zero-order valence-corrected chi connectivity index (χ0v) is 40.9. The van der Waals surface area contributed by atoms with Crippen molar-refractivity contribution in [2.45, 2.75) is 142 Å². The van der Waals surface area contributed by atoms with Crippen LogP contribution >= 0.6 is 46.4 Å². The third kappa shape index (κ3) is 21.2. The van der Waals surface area contributed by atoms with Crippen molar-refractivity contribution in [3.8, 4) is 0 Å². The molecule has 5 rings (SSSR count). The maximum Gasteiger partial charge on any atom is 1.00 e. The molecular formula is C40H65BCl4F3LiO5Si2. The number of halogens is 7. The molecule has 16 heteroatoms. The van der Waals surface area contributed by atoms with Gasteiger partial charge < -0.3 is 23.4 Å². The molecule has 2 aromatic rings. The van der Waals surface area contributed by atoms with Crippen LogP contribution in [0, 0.1) is 17.9 Å². The first-order valence-corrected chi connectivity index (χ1v) is 26.5. The molecule has 1 saturated heterocycles. The molecule has 0 radical (unpaired) electrons. The Hall–Kier alpha value is 0.286. The number of hydrogen-bond acceptors (Lipinski definition) is 5. The molecule has 1 heterocycles. The minimum atomic E-state index is -3.67. The van der Waals surface area contributed by atoms with Gasteiger partial charge in [-0.15, -0.1) is 29.3 Å². The van der Waals surface area contributed by atoms with Gasteiger partial charge >= 0.3 is 26.4 Å². The SMILES string of the molecule is CC(C)(C)[Si](C)(C)OCC1CC(O)C(c2ccc(Cl)cc2Cl)C1.CC(C)(C)[Si](C)(C)OCC1CC2OC2C1.CCOCC.Clc1[c-]ccc(Cl)c1.FB(F)F.[Li+]. The van der Waals surface area contributed by atoms with E-state index in [1.165, 1.54) is 12.8 Å². The molecule has 3 fully saturated rings. The van der Waals surface area contributed by atoms with Gasteiger partial charge in [-0.1, -0.05) is 80.9 Å². The topological polar surface area (TPSA) is 60.5 Å². The molecule has 0 bridgehead atoms. The Bertz CT molecular complexity index is 1380. The summed E-state index contributed by atoms with van der Waals surface area (Å²) in [7, 11) is -6.93. The normalized spacial score (nSPS) is 22.6. The van der Waals surface area contributed by atoms with Crippen molar-refractivity contribution >= 4 is 70.6 Å². The van der Waals surface area contributed by atoms with E-state index in [0.717, 1.165) is 50.8 Å². The van der Waals surface area contributed by atoms with Gasteiger partial charge in [-0.2, -0.15) is 18.2 Å². The summed E-state index contributed by atoms with van der Waals surface area (Å²) in [5.74, 6) is 1.23. The van der Waals surface area contributed by atoms with E-state index in [0.29, 0.717) is 43.3 Å². The predicted molar refractivity (Wildman–Crippen MR) is 232 cm³/mol. The fourth-order valence-corrected chi connectivity index (χ4v) is 8.70. The van der Waals surface area contributed by atoms with Crippen molar-refractivity contribution in [1.29, 1.82) is 0 Å². The number of fused-ring (bicyclic) bond motifs is 1. The Balaban J connectivity index is 0.000000781. The fourth-order valence-electron chi connectivity index (χ4n) is 5.58. The van der Waals surface area contributed by atoms with Gasteiger partial charge in [0.05, 0.1) is 18.3 Å². The van der Waals surface area contributed by atoms with Gasteiger partial charge in [0.2, 0.25) is 0 Å². The first kappa shape index (κ1) is 56.3. The maximum absolute atomic E-state index is 10.5. The molecule has 5 unspecified atom stereocenters. The molecular weight excluding hydrogens is 833 g/mol. The second-order valence-electron chi connectivity index (χ2n) is 17.3. The molecule has 5 atom stereocenters. The quantitative estimate of drug-likeness (QED) is 0.154. The molecule has 1 aliphatic heterocycles. The zero-order chi connectivity index (χ0) is 42.4. The number of ether oxygens (including phenoxy) is 2. The maximum atomic E-state index is 10.5. The minimum Gasteiger partial charge on any atom is -0.417 e. The summed E-state index contributed by atoms with van der Waals surface area (Å²) >= 11 is 23.3. The summed E-state index contributed by atoms with van der Waals surface area (Å²) in [6.07, 6.45) is 4.99. The van der Waals surface area contributed by atoms with Gasteiger partial charge in [-0.05, 0) is 105 Å². The Kier molecular flexibility index (Phi) is 26.1. The minimum absolute atomic E-state index is 0. The summed E-state index contributed by atoms with van der Waals surface area (Å²) in [5.41, 5.74) is 0.999. The molecule has 0 amide bonds. The average molecular weight is 899 g/mol. The molecule has 0 spiro atoms. The summed E-state index contributed by atoms with van der Waals surface area (Å²) in [6, 6.07) is 13.3. The van der Waals surface area contributed by atoms with E-state index in [1.54, 1.807) is 24.3 Å². The van der Waals surface area contributed by atoms with E-state index in [1.807, 2.05) is 26.0 Å². The summed E-state index contributed by atoms with van der Waals surface area (Å²) in [6.45, 7) is 30.2. The first-order chi connectivity index (χ1) is 25.2. The van der Waals surface area contributed by atoms with E-state index < -0.39 is 24.2 Å². The second kappa shape index (κ2) is 25.9. The number of epoxide rings is 1. The average Bonchev–Trinajstić information content (AvgIpc) is 3.47. The van der Waals surface area contributed by atoms with Gasteiger partial charge in [0, 0.05) is 42.4 Å². The predicted octanol–water partition coefficient (Wildman–Crippen LogP) is 10.8. The van der Waals surface area contributed by atoms with Crippen LogP contribution in [0.25, 0.3) is 0 Å². The number of aliphatic hydroxyl groups excluding tert-OH is 1. The van der Waals surface area contributed by atoms with Gasteiger partial charge in [0.1, 0.15) is 0 Å². The van der Waals surface area contributed by atoms with Crippen molar-refractivity contribution in [1.82, 2.24) is 0 Å². The van der Waals surface area contributed by atoms with Crippen molar-refractivity contribution in [2.24, 2.45) is 11.8 Å². The van der Waals surface area contributed by atoms with Crippen molar-refractivity contribution in [3.63, 3.8) is 0 Å². The molecule has 2 saturated carbocycles. The van der Waals surface area contributed by atoms with Crippen molar-refractivity contribution in [2.75, 3.05) is 26.4 Å². The summed E-state index contributed by atoms with van der Waals surface area (Å²) < 4.78 is 51.8. The Morgan fingerprint density at radius 1 is 0.768 bits per heavy atom. The molecule has 5 nitrogen and oxygen atoms in total. The monoisotopic (exact) mass is 896 g/mol. The molecule has 56 heavy (non-hydrogen) atoms. The third-order valence-corrected chi connectivity index (χ3v) is 20.9. The van der Waals surface area contributed by atoms with Crippen molar-refractivity contribution < 1.29 is 55.2 Å². The Morgan fingerprint density at radius 2 is 1.21 bits per heavy atom. The zero-order valence-electron chi connectivity index (χ0n) is 35.9. The number of rotatable bonds is 9. The van der Waals surface area contributed by atoms with Gasteiger partial charge in [-0.25, -0.2) is 0 Å². The first-order valence-electron chi connectivity index (χ1n) is 19.1. The number of hydrogen-bond donors (Lipinski definition) is 1. The van der Waals surface area contributed by atoms with Gasteiger partial charge in [0.15, 0.2) is 16.6 Å². The number of benzene rings is 2. The fraction of sp³-hybridized carbons (Fsp3) is 0.700. The molecule has 2 aromatic carbocycles. The smallest absolute Gasteiger partial charge is 0.417 e. The molecule has 0 aromatic heterocycles. The second-order valence-corrected chi connectivity index (χ2v) is 28.6. The van der Waals surface area contributed by atoms with Gasteiger partial charge in [-0.3, -0.25) is 12.9 Å². The van der Waals surface area contributed by atoms with E-state index >= 15 is 0 Å². The van der Waals surface area contributed by atoms with Crippen LogP contribution in [0.5, 0.6) is 0 Å². The van der Waals surface area contributed by atoms with Crippen LogP contribution in [0.2, 0.25) is 56.4 Å². The molecule has 2 aliphatic carbocycles. The standard InChI is InChI=1S/C18H28Cl2O2Si.C12H24O2Si.C6H3Cl2.C4H10O.BF3.Li/c1-18(2,3)23(4,5)22-11-12-8-15(17(21)9-12)14-7-6-13(19)10-16(14)20;1-12(2,3)15(4,5)13-8-9-6-10-11(7-9)14-10;7-5-2-1-3-6(8)4-5;1-3-5-4-2;2-1(3)4;/h6-7,10,12,15,17,21H,8-9,11H2,1-5H3;9-11H,6-8H2,1-5H3;1-2,4H;3-4H2,1-2H3;;/q;;-1;;;+1. The van der Waals surface area contributed by atoms with Crippen molar-refractivity contribution in [3.05, 3.63) is 68.1 Å². The van der Waals surface area contributed by atoms with E-state index in [-0.39, 0.29) is 35.9 Å². The van der Waals surface area contributed by atoms with Crippen LogP contribution in [0.3, 0.4) is 0 Å².